The average molecular weight is 886 g/mol. The maximum Gasteiger partial charge on any atom is 0.167 e. The fourth-order valence-electron chi connectivity index (χ4n) is 10.1. The molecule has 4 aromatic heterocycles. The molecule has 0 amide bonds. The van der Waals surface area contributed by atoms with Crippen LogP contribution in [0.5, 0.6) is 0 Å². The lowest BCUT2D eigenvalue weighted by atomic mass is 9.93. The van der Waals surface area contributed by atoms with Crippen LogP contribution in [0.3, 0.4) is 0 Å². The third-order valence-electron chi connectivity index (χ3n) is 13.2. The molecule has 4 heterocycles. The van der Waals surface area contributed by atoms with Crippen LogP contribution in [-0.2, 0) is 0 Å². The van der Waals surface area contributed by atoms with E-state index in [4.69, 9.17) is 29.3 Å². The second kappa shape index (κ2) is 15.3. The molecule has 6 nitrogen and oxygen atoms in total. The van der Waals surface area contributed by atoms with Gasteiger partial charge in [0, 0.05) is 58.4 Å². The number of thiophene rings is 1. The molecule has 10 aromatic carbocycles. The van der Waals surface area contributed by atoms with Gasteiger partial charge in [-0.05, 0) is 68.7 Å². The minimum atomic E-state index is 0.531. The first-order chi connectivity index (χ1) is 33.7. The van der Waals surface area contributed by atoms with Crippen molar-refractivity contribution < 1.29 is 4.42 Å². The number of nitrogens with zero attached hydrogens (tertiary/aromatic N) is 5. The zero-order chi connectivity index (χ0) is 44.7. The van der Waals surface area contributed by atoms with Crippen LogP contribution >= 0.6 is 11.3 Å². The predicted octanol–water partition coefficient (Wildman–Crippen LogP) is 16.4. The lowest BCUT2D eigenvalue weighted by Crippen LogP contribution is -2.00. The van der Waals surface area contributed by atoms with E-state index in [2.05, 4.69) is 158 Å². The predicted molar refractivity (Wildman–Crippen MR) is 281 cm³/mol. The van der Waals surface area contributed by atoms with E-state index in [0.29, 0.717) is 23.1 Å². The highest BCUT2D eigenvalue weighted by molar-refractivity contribution is 7.26. The van der Waals surface area contributed by atoms with Crippen molar-refractivity contribution in [3.63, 3.8) is 0 Å². The van der Waals surface area contributed by atoms with Crippen molar-refractivity contribution in [2.75, 3.05) is 0 Å². The minimum Gasteiger partial charge on any atom is -0.455 e. The number of para-hydroxylation sites is 1. The zero-order valence-corrected chi connectivity index (χ0v) is 37.1. The molecular weight excluding hydrogens is 851 g/mol. The van der Waals surface area contributed by atoms with Crippen LogP contribution in [0.2, 0.25) is 0 Å². The summed E-state index contributed by atoms with van der Waals surface area (Å²) in [5.74, 6) is 1.72. The molecule has 0 aliphatic carbocycles. The molecule has 0 unspecified atom stereocenters. The van der Waals surface area contributed by atoms with E-state index in [-0.39, 0.29) is 0 Å². The molecular formula is C61H35N5OS. The molecule has 0 radical (unpaired) electrons. The van der Waals surface area contributed by atoms with E-state index in [1.165, 1.54) is 48.5 Å². The fourth-order valence-corrected chi connectivity index (χ4v) is 11.4. The van der Waals surface area contributed by atoms with E-state index in [0.717, 1.165) is 70.7 Å². The number of hydrogen-bond acceptors (Lipinski definition) is 7. The highest BCUT2D eigenvalue weighted by Crippen LogP contribution is 2.45. The van der Waals surface area contributed by atoms with Gasteiger partial charge in [0.05, 0.1) is 16.8 Å². The summed E-state index contributed by atoms with van der Waals surface area (Å²) in [6.45, 7) is 0. The van der Waals surface area contributed by atoms with Crippen LogP contribution < -0.4 is 0 Å². The second-order valence-corrected chi connectivity index (χ2v) is 18.2. The number of furan rings is 1. The molecule has 0 aliphatic heterocycles. The van der Waals surface area contributed by atoms with Gasteiger partial charge in [-0.15, -0.1) is 11.3 Å². The zero-order valence-electron chi connectivity index (χ0n) is 36.3. The number of fused-ring (bicyclic) bond motifs is 12. The molecule has 68 heavy (non-hydrogen) atoms. The van der Waals surface area contributed by atoms with Crippen molar-refractivity contribution in [3.05, 3.63) is 213 Å². The summed E-state index contributed by atoms with van der Waals surface area (Å²) in [7, 11) is 0. The Kier molecular flexibility index (Phi) is 8.66. The molecule has 0 atom stereocenters. The monoisotopic (exact) mass is 885 g/mol. The molecule has 0 N–H and O–H groups in total. The maximum atomic E-state index is 6.91. The molecule has 0 aliphatic rings. The molecule has 0 saturated heterocycles. The first kappa shape index (κ1) is 38.4. The number of hydrogen-bond donors (Lipinski definition) is 0. The van der Waals surface area contributed by atoms with Gasteiger partial charge >= 0.3 is 0 Å². The smallest absolute Gasteiger partial charge is 0.167 e. The van der Waals surface area contributed by atoms with E-state index < -0.39 is 0 Å². The van der Waals surface area contributed by atoms with Gasteiger partial charge in [-0.1, -0.05) is 176 Å². The van der Waals surface area contributed by atoms with E-state index in [1.54, 1.807) is 17.7 Å². The number of benzene rings is 10. The van der Waals surface area contributed by atoms with Gasteiger partial charge in [0.1, 0.15) is 17.5 Å². The molecule has 14 aromatic rings. The van der Waals surface area contributed by atoms with E-state index in [9.17, 15) is 0 Å². The van der Waals surface area contributed by atoms with Crippen LogP contribution in [0.1, 0.15) is 0 Å². The Bertz CT molecular complexity index is 4290. The summed E-state index contributed by atoms with van der Waals surface area (Å²) in [5.41, 5.74) is 11.6. The maximum absolute atomic E-state index is 6.91. The summed E-state index contributed by atoms with van der Waals surface area (Å²) in [6, 6.07) is 72.2. The average Bonchev–Trinajstić information content (AvgIpc) is 4.00. The molecule has 0 bridgehead atoms. The van der Waals surface area contributed by atoms with Crippen LogP contribution in [0.15, 0.2) is 217 Å². The fraction of sp³-hybridized carbons (Fsp3) is 0. The second-order valence-electron chi connectivity index (χ2n) is 17.1. The Hall–Kier alpha value is -8.91. The molecule has 0 fully saturated rings. The quantitative estimate of drug-likeness (QED) is 0.155. The van der Waals surface area contributed by atoms with Crippen molar-refractivity contribution in [2.24, 2.45) is 0 Å². The van der Waals surface area contributed by atoms with Crippen LogP contribution in [0.4, 0.5) is 0 Å². The largest absolute Gasteiger partial charge is 0.455 e. The van der Waals surface area contributed by atoms with Crippen LogP contribution in [0, 0.1) is 0 Å². The lowest BCUT2D eigenvalue weighted by Gasteiger charge is -2.13. The molecule has 0 spiro atoms. The summed E-state index contributed by atoms with van der Waals surface area (Å²) >= 11 is 1.77. The first-order valence-electron chi connectivity index (χ1n) is 22.6. The summed E-state index contributed by atoms with van der Waals surface area (Å²) < 4.78 is 9.23. The van der Waals surface area contributed by atoms with Crippen LogP contribution in [-0.4, -0.2) is 24.9 Å². The van der Waals surface area contributed by atoms with E-state index in [1.807, 2.05) is 48.5 Å². The van der Waals surface area contributed by atoms with Crippen LogP contribution in [0.25, 0.3) is 142 Å². The topological polar surface area (TPSA) is 77.6 Å². The van der Waals surface area contributed by atoms with Gasteiger partial charge in [0.25, 0.3) is 0 Å². The lowest BCUT2D eigenvalue weighted by molar-refractivity contribution is 0.669. The first-order valence-corrected chi connectivity index (χ1v) is 23.5. The van der Waals surface area contributed by atoms with Gasteiger partial charge in [0.2, 0.25) is 0 Å². The summed E-state index contributed by atoms with van der Waals surface area (Å²) in [6.07, 6.45) is 1.68. The standard InChI is InChI=1S/C61H35N5OS/c1-3-15-36(16-4-1)38-19-11-20-39(33-38)40-31-32-43-46-25-12-29-50(58(46)68-52(43)34-40)61-65-59(37-17-5-2-6-18-37)64-60(66-61)49-28-13-27-48-53-47(26-14-30-51(53)67-57(48)49)56-54-44-23-9-7-21-41(44)42-22-8-10-24-45(42)55(54)62-35-63-56/h1-35H. The van der Waals surface area contributed by atoms with Crippen molar-refractivity contribution in [1.29, 1.82) is 0 Å². The van der Waals surface area contributed by atoms with Crippen molar-refractivity contribution >= 4 is 85.9 Å². The van der Waals surface area contributed by atoms with Gasteiger partial charge < -0.3 is 4.42 Å². The van der Waals surface area contributed by atoms with E-state index >= 15 is 0 Å². The Morgan fingerprint density at radius 2 is 0.926 bits per heavy atom. The molecule has 0 saturated carbocycles. The Labute approximate surface area is 393 Å². The van der Waals surface area contributed by atoms with Crippen molar-refractivity contribution in [2.45, 2.75) is 0 Å². The van der Waals surface area contributed by atoms with Gasteiger partial charge in [-0.25, -0.2) is 24.9 Å². The number of aromatic nitrogens is 5. The Morgan fingerprint density at radius 1 is 0.353 bits per heavy atom. The summed E-state index contributed by atoms with van der Waals surface area (Å²) in [4.78, 5) is 25.7. The minimum absolute atomic E-state index is 0.531. The highest BCUT2D eigenvalue weighted by atomic mass is 32.1. The third kappa shape index (κ3) is 6.06. The van der Waals surface area contributed by atoms with Crippen molar-refractivity contribution in [1.82, 2.24) is 24.9 Å². The number of rotatable bonds is 6. The van der Waals surface area contributed by atoms with Crippen molar-refractivity contribution in [3.8, 4) is 67.7 Å². The van der Waals surface area contributed by atoms with Gasteiger partial charge in [-0.3, -0.25) is 0 Å². The van der Waals surface area contributed by atoms with Gasteiger partial charge in [-0.2, -0.15) is 0 Å². The molecule has 14 rings (SSSR count). The highest BCUT2D eigenvalue weighted by Gasteiger charge is 2.23. The Balaban J connectivity index is 0.944. The molecule has 316 valence electrons. The SMILES string of the molecule is c1ccc(-c2cccc(-c3ccc4c(c3)sc3c(-c5nc(-c6ccccc6)nc(-c6cccc7c6oc6cccc(-c8ncnc9c%10ccccc%10c%10ccccc%10c89)c67)n5)cccc34)c2)cc1. The third-order valence-corrected chi connectivity index (χ3v) is 14.4. The normalized spacial score (nSPS) is 11.8. The summed E-state index contributed by atoms with van der Waals surface area (Å²) in [5, 5.41) is 9.84. The van der Waals surface area contributed by atoms with Gasteiger partial charge in [0.15, 0.2) is 17.5 Å². The Morgan fingerprint density at radius 3 is 1.74 bits per heavy atom. The molecule has 7 heteroatoms.